The van der Waals surface area contributed by atoms with Crippen LogP contribution in [0.1, 0.15) is 23.3 Å². The van der Waals surface area contributed by atoms with E-state index in [4.69, 9.17) is 28.2 Å². The second-order valence-electron chi connectivity index (χ2n) is 8.63. The summed E-state index contributed by atoms with van der Waals surface area (Å²) < 4.78 is 1.58. The molecule has 0 saturated carbocycles. The molecule has 0 bridgehead atoms. The maximum absolute atomic E-state index is 13.7. The molecule has 1 unspecified atom stereocenters. The Labute approximate surface area is 234 Å². The quantitative estimate of drug-likeness (QED) is 0.164. The molecule has 0 radical (unpaired) electrons. The molecule has 0 fully saturated rings. The first kappa shape index (κ1) is 26.0. The van der Waals surface area contributed by atoms with Crippen LogP contribution in [0.25, 0.3) is 16.6 Å². The highest BCUT2D eigenvalue weighted by Crippen LogP contribution is 2.37. The average molecular weight is 561 g/mol. The molecule has 0 aliphatic rings. The van der Waals surface area contributed by atoms with E-state index < -0.39 is 5.25 Å². The monoisotopic (exact) mass is 559 g/mol. The summed E-state index contributed by atoms with van der Waals surface area (Å²) in [4.78, 5) is 32.3. The third-order valence-corrected chi connectivity index (χ3v) is 7.68. The predicted octanol–water partition coefficient (Wildman–Crippen LogP) is 7.73. The van der Waals surface area contributed by atoms with Gasteiger partial charge in [0.15, 0.2) is 5.16 Å². The summed E-state index contributed by atoms with van der Waals surface area (Å²) >= 11 is 13.5. The van der Waals surface area contributed by atoms with Crippen LogP contribution in [0.5, 0.6) is 0 Å². The lowest BCUT2D eigenvalue weighted by Gasteiger charge is -2.20. The number of thioether (sulfide) groups is 1. The first-order valence-corrected chi connectivity index (χ1v) is 13.7. The number of hydrogen-bond donors (Lipinski definition) is 1. The van der Waals surface area contributed by atoms with Gasteiger partial charge in [-0.3, -0.25) is 14.2 Å². The van der Waals surface area contributed by atoms with Gasteiger partial charge in [-0.25, -0.2) is 4.98 Å². The molecule has 1 amide bonds. The molecule has 0 spiro atoms. The minimum Gasteiger partial charge on any atom is -0.325 e. The van der Waals surface area contributed by atoms with Crippen molar-refractivity contribution in [3.8, 4) is 5.69 Å². The van der Waals surface area contributed by atoms with Gasteiger partial charge in [-0.05, 0) is 60.0 Å². The summed E-state index contributed by atoms with van der Waals surface area (Å²) in [6.45, 7) is 2.08. The number of nitrogens with one attached hydrogen (secondary N) is 1. The first-order chi connectivity index (χ1) is 18.4. The van der Waals surface area contributed by atoms with Gasteiger partial charge < -0.3 is 5.32 Å². The lowest BCUT2D eigenvalue weighted by molar-refractivity contribution is -0.115. The van der Waals surface area contributed by atoms with Gasteiger partial charge in [0.25, 0.3) is 5.56 Å². The molecule has 190 valence electrons. The molecule has 5 rings (SSSR count). The lowest BCUT2D eigenvalue weighted by atomic mass is 10.1. The van der Waals surface area contributed by atoms with Crippen molar-refractivity contribution in [2.24, 2.45) is 0 Å². The molecular formula is C30H23Cl2N3O2S. The molecule has 1 N–H and O–H groups in total. The Balaban J connectivity index is 1.62. The van der Waals surface area contributed by atoms with Crippen molar-refractivity contribution >= 4 is 57.5 Å². The maximum atomic E-state index is 13.7. The number of amides is 1. The van der Waals surface area contributed by atoms with Crippen LogP contribution in [0.3, 0.4) is 0 Å². The smallest absolute Gasteiger partial charge is 0.266 e. The summed E-state index contributed by atoms with van der Waals surface area (Å²) in [5.41, 5.74) is 3.45. The van der Waals surface area contributed by atoms with Gasteiger partial charge in [0.2, 0.25) is 5.91 Å². The maximum Gasteiger partial charge on any atom is 0.266 e. The number of halogens is 2. The average Bonchev–Trinajstić information content (AvgIpc) is 2.92. The van der Waals surface area contributed by atoms with E-state index in [9.17, 15) is 9.59 Å². The number of hydrogen-bond acceptors (Lipinski definition) is 4. The number of aromatic nitrogens is 2. The van der Waals surface area contributed by atoms with Crippen molar-refractivity contribution in [1.29, 1.82) is 0 Å². The molecule has 4 aromatic carbocycles. The van der Waals surface area contributed by atoms with Gasteiger partial charge in [-0.2, -0.15) is 0 Å². The Morgan fingerprint density at radius 3 is 2.26 bits per heavy atom. The summed E-state index contributed by atoms with van der Waals surface area (Å²) in [5, 5.41) is 3.95. The van der Waals surface area contributed by atoms with Crippen LogP contribution in [-0.2, 0) is 11.2 Å². The Morgan fingerprint density at radius 2 is 1.58 bits per heavy atom. The number of para-hydroxylation sites is 1. The van der Waals surface area contributed by atoms with Gasteiger partial charge in [0.1, 0.15) is 5.25 Å². The van der Waals surface area contributed by atoms with Crippen LogP contribution in [0.15, 0.2) is 107 Å². The van der Waals surface area contributed by atoms with Crippen molar-refractivity contribution in [1.82, 2.24) is 9.55 Å². The Morgan fingerprint density at radius 1 is 0.921 bits per heavy atom. The van der Waals surface area contributed by atoms with Gasteiger partial charge in [-0.15, -0.1) is 0 Å². The SMILES string of the molecule is CCc1ccc(-n2c(SC(C(=O)Nc3cc(Cl)cc(Cl)c3)c3ccccc3)nc3ccccc3c2=O)cc1. The number of carbonyl (C=O) groups excluding carboxylic acids is 1. The molecule has 38 heavy (non-hydrogen) atoms. The predicted molar refractivity (Wildman–Crippen MR) is 157 cm³/mol. The van der Waals surface area contributed by atoms with Crippen LogP contribution in [0, 0.1) is 0 Å². The van der Waals surface area contributed by atoms with E-state index in [1.165, 1.54) is 11.8 Å². The minimum atomic E-state index is -0.719. The van der Waals surface area contributed by atoms with Gasteiger partial charge >= 0.3 is 0 Å². The number of aryl methyl sites for hydroxylation is 1. The molecule has 5 aromatic rings. The number of benzene rings is 4. The van der Waals surface area contributed by atoms with Crippen molar-refractivity contribution in [2.45, 2.75) is 23.8 Å². The molecule has 1 aromatic heterocycles. The second-order valence-corrected chi connectivity index (χ2v) is 10.6. The standard InChI is InChI=1S/C30H23Cl2N3O2S/c1-2-19-12-14-24(15-13-19)35-29(37)25-10-6-7-11-26(25)34-30(35)38-27(20-8-4-3-5-9-20)28(36)33-23-17-21(31)16-22(32)18-23/h3-18,27H,2H2,1H3,(H,33,36). The van der Waals surface area contributed by atoms with Crippen molar-refractivity contribution in [3.05, 3.63) is 129 Å². The zero-order valence-electron chi connectivity index (χ0n) is 20.4. The number of anilines is 1. The van der Waals surface area contributed by atoms with Crippen LogP contribution < -0.4 is 10.9 Å². The highest BCUT2D eigenvalue weighted by Gasteiger charge is 2.26. The number of carbonyl (C=O) groups is 1. The fourth-order valence-corrected chi connectivity index (χ4v) is 5.78. The fraction of sp³-hybridized carbons (Fsp3) is 0.100. The van der Waals surface area contributed by atoms with E-state index in [0.717, 1.165) is 17.5 Å². The summed E-state index contributed by atoms with van der Waals surface area (Å²) in [6, 6.07) is 29.3. The molecule has 1 heterocycles. The third kappa shape index (κ3) is 5.63. The van der Waals surface area contributed by atoms with E-state index in [-0.39, 0.29) is 11.5 Å². The van der Waals surface area contributed by atoms with Gasteiger partial charge in [0, 0.05) is 15.7 Å². The molecule has 8 heteroatoms. The zero-order valence-corrected chi connectivity index (χ0v) is 22.7. The lowest BCUT2D eigenvalue weighted by Crippen LogP contribution is -2.24. The normalized spacial score (nSPS) is 11.9. The fourth-order valence-electron chi connectivity index (χ4n) is 4.14. The first-order valence-electron chi connectivity index (χ1n) is 12.0. The second kappa shape index (κ2) is 11.4. The summed E-state index contributed by atoms with van der Waals surface area (Å²) in [5.74, 6) is -0.296. The number of nitrogens with zero attached hydrogens (tertiary/aromatic N) is 2. The summed E-state index contributed by atoms with van der Waals surface area (Å²) in [6.07, 6.45) is 0.885. The topological polar surface area (TPSA) is 64.0 Å². The molecule has 1 atom stereocenters. The molecule has 5 nitrogen and oxygen atoms in total. The third-order valence-electron chi connectivity index (χ3n) is 6.04. The van der Waals surface area contributed by atoms with E-state index in [0.29, 0.717) is 37.5 Å². The van der Waals surface area contributed by atoms with Crippen LogP contribution in [0.2, 0.25) is 10.0 Å². The van der Waals surface area contributed by atoms with Gasteiger partial charge in [0.05, 0.1) is 16.6 Å². The number of fused-ring (bicyclic) bond motifs is 1. The van der Waals surface area contributed by atoms with E-state index in [1.54, 1.807) is 34.9 Å². The number of rotatable bonds is 7. The molecular weight excluding hydrogens is 537 g/mol. The van der Waals surface area contributed by atoms with Gasteiger partial charge in [-0.1, -0.05) is 96.5 Å². The van der Waals surface area contributed by atoms with Crippen molar-refractivity contribution in [2.75, 3.05) is 5.32 Å². The summed E-state index contributed by atoms with van der Waals surface area (Å²) in [7, 11) is 0. The van der Waals surface area contributed by atoms with E-state index in [2.05, 4.69) is 12.2 Å². The molecule has 0 aliphatic heterocycles. The minimum absolute atomic E-state index is 0.198. The Kier molecular flexibility index (Phi) is 7.84. The largest absolute Gasteiger partial charge is 0.325 e. The zero-order chi connectivity index (χ0) is 26.6. The Hall–Kier alpha value is -3.58. The van der Waals surface area contributed by atoms with Crippen LogP contribution in [-0.4, -0.2) is 15.5 Å². The Bertz CT molecular complexity index is 1650. The molecule has 0 aliphatic carbocycles. The highest BCUT2D eigenvalue weighted by atomic mass is 35.5. The van der Waals surface area contributed by atoms with Crippen LogP contribution in [0.4, 0.5) is 5.69 Å². The van der Waals surface area contributed by atoms with Crippen molar-refractivity contribution in [3.63, 3.8) is 0 Å². The van der Waals surface area contributed by atoms with E-state index >= 15 is 0 Å². The van der Waals surface area contributed by atoms with Crippen molar-refractivity contribution < 1.29 is 4.79 Å². The van der Waals surface area contributed by atoms with Crippen LogP contribution >= 0.6 is 35.0 Å². The van der Waals surface area contributed by atoms with E-state index in [1.807, 2.05) is 66.7 Å². The molecule has 0 saturated heterocycles. The highest BCUT2D eigenvalue weighted by molar-refractivity contribution is 8.00.